The highest BCUT2D eigenvalue weighted by Crippen LogP contribution is 2.31. The van der Waals surface area contributed by atoms with Gasteiger partial charge in [-0.2, -0.15) is 0 Å². The largest absolute Gasteiger partial charge is 0.507 e. The highest BCUT2D eigenvalue weighted by Gasteiger charge is 2.05. The summed E-state index contributed by atoms with van der Waals surface area (Å²) in [5, 5.41) is 10.3. The maximum absolute atomic E-state index is 9.70. The fourth-order valence-electron chi connectivity index (χ4n) is 1.40. The summed E-state index contributed by atoms with van der Waals surface area (Å²) in [6, 6.07) is 8.44. The van der Waals surface area contributed by atoms with Crippen LogP contribution in [0.5, 0.6) is 11.6 Å². The second-order valence-corrected chi connectivity index (χ2v) is 3.69. The number of phenolic OH excluding ortho intramolecular Hbond substituents is 1. The van der Waals surface area contributed by atoms with Crippen molar-refractivity contribution in [3.05, 3.63) is 41.6 Å². The first-order valence-corrected chi connectivity index (χ1v) is 5.07. The molecule has 0 aliphatic carbocycles. The minimum atomic E-state index is 0.177. The van der Waals surface area contributed by atoms with Crippen molar-refractivity contribution in [2.45, 2.75) is 0 Å². The van der Waals surface area contributed by atoms with Gasteiger partial charge in [-0.05, 0) is 24.3 Å². The molecule has 0 fully saturated rings. The smallest absolute Gasteiger partial charge is 0.212 e. The van der Waals surface area contributed by atoms with Gasteiger partial charge in [0.25, 0.3) is 0 Å². The fraction of sp³-hybridized carbons (Fsp3) is 0.0833. The van der Waals surface area contributed by atoms with Crippen LogP contribution in [0.25, 0.3) is 11.1 Å². The molecule has 0 unspecified atom stereocenters. The molecule has 1 N–H and O–H groups in total. The third-order valence-corrected chi connectivity index (χ3v) is 2.45. The van der Waals surface area contributed by atoms with Crippen molar-refractivity contribution in [3.63, 3.8) is 0 Å². The Hall–Kier alpha value is -1.74. The minimum absolute atomic E-state index is 0.177. The summed E-state index contributed by atoms with van der Waals surface area (Å²) in [7, 11) is 1.55. The molecule has 0 saturated heterocycles. The molecule has 0 saturated carbocycles. The van der Waals surface area contributed by atoms with Crippen molar-refractivity contribution in [2.24, 2.45) is 0 Å². The van der Waals surface area contributed by atoms with E-state index in [0.29, 0.717) is 16.5 Å². The Morgan fingerprint density at radius 1 is 1.25 bits per heavy atom. The van der Waals surface area contributed by atoms with E-state index in [-0.39, 0.29) is 5.75 Å². The average Bonchev–Trinajstić information content (AvgIpc) is 2.32. The van der Waals surface area contributed by atoms with Gasteiger partial charge >= 0.3 is 0 Å². The van der Waals surface area contributed by atoms with Crippen LogP contribution < -0.4 is 4.74 Å². The van der Waals surface area contributed by atoms with E-state index in [1.165, 1.54) is 0 Å². The van der Waals surface area contributed by atoms with Crippen molar-refractivity contribution in [1.82, 2.24) is 4.98 Å². The highest BCUT2D eigenvalue weighted by molar-refractivity contribution is 6.30. The molecule has 0 atom stereocenters. The third-order valence-electron chi connectivity index (χ3n) is 2.22. The van der Waals surface area contributed by atoms with Crippen LogP contribution in [0.4, 0.5) is 0 Å². The zero-order chi connectivity index (χ0) is 11.5. The number of aromatic nitrogens is 1. The van der Waals surface area contributed by atoms with Crippen LogP contribution in [0.15, 0.2) is 36.5 Å². The molecule has 0 aliphatic heterocycles. The lowest BCUT2D eigenvalue weighted by atomic mass is 10.1. The molecule has 0 spiro atoms. The summed E-state index contributed by atoms with van der Waals surface area (Å²) in [5.41, 5.74) is 1.45. The number of aromatic hydroxyl groups is 1. The summed E-state index contributed by atoms with van der Waals surface area (Å²) >= 11 is 5.87. The maximum atomic E-state index is 9.70. The third kappa shape index (κ3) is 2.09. The van der Waals surface area contributed by atoms with Gasteiger partial charge < -0.3 is 9.84 Å². The molecule has 0 aliphatic rings. The molecule has 1 heterocycles. The summed E-state index contributed by atoms with van der Waals surface area (Å²) in [6.07, 6.45) is 1.63. The van der Waals surface area contributed by atoms with E-state index in [4.69, 9.17) is 16.3 Å². The molecule has 2 aromatic rings. The number of pyridine rings is 1. The molecule has 1 aromatic heterocycles. The molecule has 1 aromatic carbocycles. The average molecular weight is 236 g/mol. The van der Waals surface area contributed by atoms with Crippen molar-refractivity contribution >= 4 is 11.6 Å². The number of rotatable bonds is 2. The summed E-state index contributed by atoms with van der Waals surface area (Å²) in [4.78, 5) is 4.07. The zero-order valence-corrected chi connectivity index (χ0v) is 9.40. The maximum Gasteiger partial charge on any atom is 0.212 e. The highest BCUT2D eigenvalue weighted by atomic mass is 35.5. The topological polar surface area (TPSA) is 42.4 Å². The SMILES string of the molecule is COc1ccc(-c2cc(Cl)ccc2O)cn1. The fourth-order valence-corrected chi connectivity index (χ4v) is 1.57. The van der Waals surface area contributed by atoms with Gasteiger partial charge in [-0.1, -0.05) is 11.6 Å². The van der Waals surface area contributed by atoms with Crippen LogP contribution in [-0.2, 0) is 0 Å². The number of phenols is 1. The van der Waals surface area contributed by atoms with Gasteiger partial charge in [0.15, 0.2) is 0 Å². The van der Waals surface area contributed by atoms with Crippen molar-refractivity contribution in [1.29, 1.82) is 0 Å². The monoisotopic (exact) mass is 235 g/mol. The second kappa shape index (κ2) is 4.41. The van der Waals surface area contributed by atoms with Gasteiger partial charge in [-0.15, -0.1) is 0 Å². The number of methoxy groups -OCH3 is 1. The summed E-state index contributed by atoms with van der Waals surface area (Å²) in [5.74, 6) is 0.710. The number of ether oxygens (including phenoxy) is 1. The molecular weight excluding hydrogens is 226 g/mol. The van der Waals surface area contributed by atoms with Gasteiger partial charge in [0.05, 0.1) is 7.11 Å². The normalized spacial score (nSPS) is 10.1. The van der Waals surface area contributed by atoms with E-state index in [0.717, 1.165) is 5.56 Å². The van der Waals surface area contributed by atoms with E-state index in [1.807, 2.05) is 6.07 Å². The van der Waals surface area contributed by atoms with Crippen LogP contribution in [0.1, 0.15) is 0 Å². The van der Waals surface area contributed by atoms with Crippen LogP contribution >= 0.6 is 11.6 Å². The first kappa shape index (κ1) is 10.8. The van der Waals surface area contributed by atoms with Gasteiger partial charge in [0, 0.05) is 28.4 Å². The Morgan fingerprint density at radius 2 is 2.06 bits per heavy atom. The van der Waals surface area contributed by atoms with E-state index >= 15 is 0 Å². The predicted molar refractivity (Wildman–Crippen MR) is 62.9 cm³/mol. The van der Waals surface area contributed by atoms with Crippen molar-refractivity contribution in [2.75, 3.05) is 7.11 Å². The van der Waals surface area contributed by atoms with E-state index < -0.39 is 0 Å². The molecule has 16 heavy (non-hydrogen) atoms. The second-order valence-electron chi connectivity index (χ2n) is 3.25. The van der Waals surface area contributed by atoms with Gasteiger partial charge in [-0.3, -0.25) is 0 Å². The standard InChI is InChI=1S/C12H10ClNO2/c1-16-12-5-2-8(7-14-12)10-6-9(13)3-4-11(10)15/h2-7,15H,1H3. The predicted octanol–water partition coefficient (Wildman–Crippen LogP) is 3.12. The van der Waals surface area contributed by atoms with Gasteiger partial charge in [0.2, 0.25) is 5.88 Å². The van der Waals surface area contributed by atoms with Crippen LogP contribution in [0.3, 0.4) is 0 Å². The molecule has 82 valence electrons. The molecule has 0 bridgehead atoms. The lowest BCUT2D eigenvalue weighted by Gasteiger charge is -2.05. The van der Waals surface area contributed by atoms with Crippen LogP contribution in [-0.4, -0.2) is 17.2 Å². The molecule has 3 nitrogen and oxygen atoms in total. The number of hydrogen-bond donors (Lipinski definition) is 1. The van der Waals surface area contributed by atoms with Crippen LogP contribution in [0.2, 0.25) is 5.02 Å². The van der Waals surface area contributed by atoms with Gasteiger partial charge in [-0.25, -0.2) is 4.98 Å². The molecule has 4 heteroatoms. The lowest BCUT2D eigenvalue weighted by Crippen LogP contribution is -1.87. The van der Waals surface area contributed by atoms with E-state index in [1.54, 1.807) is 37.6 Å². The Bertz CT molecular complexity index is 497. The molecular formula is C12H10ClNO2. The number of hydrogen-bond acceptors (Lipinski definition) is 3. The van der Waals surface area contributed by atoms with Gasteiger partial charge in [0.1, 0.15) is 5.75 Å². The first-order chi connectivity index (χ1) is 7.70. The molecule has 0 amide bonds. The van der Waals surface area contributed by atoms with Crippen LogP contribution in [0, 0.1) is 0 Å². The number of benzene rings is 1. The molecule has 2 rings (SSSR count). The molecule has 0 radical (unpaired) electrons. The van der Waals surface area contributed by atoms with E-state index in [9.17, 15) is 5.11 Å². The van der Waals surface area contributed by atoms with Crippen molar-refractivity contribution < 1.29 is 9.84 Å². The summed E-state index contributed by atoms with van der Waals surface area (Å²) in [6.45, 7) is 0. The number of nitrogens with zero attached hydrogens (tertiary/aromatic N) is 1. The minimum Gasteiger partial charge on any atom is -0.507 e. The first-order valence-electron chi connectivity index (χ1n) is 4.69. The Labute approximate surface area is 98.3 Å². The Morgan fingerprint density at radius 3 is 2.69 bits per heavy atom. The summed E-state index contributed by atoms with van der Waals surface area (Å²) < 4.78 is 4.96. The number of halogens is 1. The van der Waals surface area contributed by atoms with E-state index in [2.05, 4.69) is 4.98 Å². The Kier molecular flexibility index (Phi) is 2.97. The Balaban J connectivity index is 2.45. The lowest BCUT2D eigenvalue weighted by molar-refractivity contribution is 0.398. The zero-order valence-electron chi connectivity index (χ0n) is 8.64. The van der Waals surface area contributed by atoms with Crippen molar-refractivity contribution in [3.8, 4) is 22.8 Å². The quantitative estimate of drug-likeness (QED) is 0.870.